The predicted octanol–water partition coefficient (Wildman–Crippen LogP) is 4.99. The number of carboxylic acid groups (broad SMARTS) is 1. The van der Waals surface area contributed by atoms with Gasteiger partial charge in [0, 0.05) is 16.1 Å². The summed E-state index contributed by atoms with van der Waals surface area (Å²) in [5.74, 6) is -1.39. The van der Waals surface area contributed by atoms with Gasteiger partial charge in [0.25, 0.3) is 0 Å². The minimum atomic E-state index is -1.10. The summed E-state index contributed by atoms with van der Waals surface area (Å²) in [5, 5.41) is 17.7. The maximum atomic E-state index is 12.9. The van der Waals surface area contributed by atoms with Crippen molar-refractivity contribution >= 4 is 46.7 Å². The van der Waals surface area contributed by atoms with Crippen LogP contribution in [0.2, 0.25) is 5.02 Å². The van der Waals surface area contributed by atoms with Gasteiger partial charge >= 0.3 is 5.97 Å². The molecule has 2 aromatic carbocycles. The number of benzene rings is 2. The number of rotatable bonds is 7. The molecule has 0 aliphatic carbocycles. The summed E-state index contributed by atoms with van der Waals surface area (Å²) >= 11 is 7.00. The van der Waals surface area contributed by atoms with Gasteiger partial charge in [-0.2, -0.15) is 0 Å². The molecule has 1 amide bonds. The van der Waals surface area contributed by atoms with Gasteiger partial charge in [-0.1, -0.05) is 54.1 Å². The van der Waals surface area contributed by atoms with Crippen molar-refractivity contribution in [1.29, 1.82) is 5.41 Å². The Balaban J connectivity index is 1.97. The molecule has 0 radical (unpaired) electrons. The van der Waals surface area contributed by atoms with Gasteiger partial charge in [-0.15, -0.1) is 11.3 Å². The summed E-state index contributed by atoms with van der Waals surface area (Å²) in [6.45, 7) is -0.00232. The molecule has 0 aliphatic heterocycles. The normalized spacial score (nSPS) is 10.5. The lowest BCUT2D eigenvalue weighted by atomic mass is 10.1. The zero-order chi connectivity index (χ0) is 20.1. The molecular weight excluding hydrogens is 396 g/mol. The lowest BCUT2D eigenvalue weighted by Gasteiger charge is -2.20. The van der Waals surface area contributed by atoms with E-state index >= 15 is 0 Å². The maximum Gasteiger partial charge on any atom is 0.348 e. The van der Waals surface area contributed by atoms with Gasteiger partial charge in [0.2, 0.25) is 5.91 Å². The zero-order valence-electron chi connectivity index (χ0n) is 14.8. The van der Waals surface area contributed by atoms with Crippen LogP contribution in [0, 0.1) is 5.41 Å². The SMILES string of the molecule is N=CCN(C(=O)Cc1ccc(Cl)cc1)c1cc(-c2ccccc2)sc1C(=O)O. The molecule has 0 saturated heterocycles. The van der Waals surface area contributed by atoms with E-state index in [0.29, 0.717) is 10.7 Å². The van der Waals surface area contributed by atoms with Crippen LogP contribution in [0.1, 0.15) is 15.2 Å². The van der Waals surface area contributed by atoms with E-state index in [2.05, 4.69) is 0 Å². The van der Waals surface area contributed by atoms with Gasteiger partial charge < -0.3 is 15.4 Å². The Morgan fingerprint density at radius 1 is 1.11 bits per heavy atom. The number of carboxylic acids is 1. The molecule has 0 spiro atoms. The second-order valence-corrected chi connectivity index (χ2v) is 7.50. The van der Waals surface area contributed by atoms with Crippen LogP contribution in [-0.4, -0.2) is 29.7 Å². The Hall–Kier alpha value is -2.96. The highest BCUT2D eigenvalue weighted by Crippen LogP contribution is 2.37. The molecule has 3 aromatic rings. The number of carbonyl (C=O) groups excluding carboxylic acids is 1. The summed E-state index contributed by atoms with van der Waals surface area (Å²) < 4.78 is 0. The summed E-state index contributed by atoms with van der Waals surface area (Å²) in [7, 11) is 0. The third-order valence-corrected chi connectivity index (χ3v) is 5.51. The van der Waals surface area contributed by atoms with E-state index in [9.17, 15) is 14.7 Å². The van der Waals surface area contributed by atoms with Gasteiger partial charge in [-0.05, 0) is 29.3 Å². The maximum absolute atomic E-state index is 12.9. The third kappa shape index (κ3) is 4.47. The predicted molar refractivity (Wildman–Crippen MR) is 113 cm³/mol. The fourth-order valence-electron chi connectivity index (χ4n) is 2.78. The molecule has 0 fully saturated rings. The first kappa shape index (κ1) is 19.8. The molecule has 2 N–H and O–H groups in total. The number of amides is 1. The Kier molecular flexibility index (Phi) is 6.23. The lowest BCUT2D eigenvalue weighted by molar-refractivity contribution is -0.117. The second kappa shape index (κ2) is 8.82. The van der Waals surface area contributed by atoms with Gasteiger partial charge in [0.15, 0.2) is 0 Å². The van der Waals surface area contributed by atoms with E-state index in [-0.39, 0.29) is 23.7 Å². The van der Waals surface area contributed by atoms with E-state index in [1.807, 2.05) is 30.3 Å². The highest BCUT2D eigenvalue weighted by Gasteiger charge is 2.25. The van der Waals surface area contributed by atoms with Crippen molar-refractivity contribution < 1.29 is 14.7 Å². The van der Waals surface area contributed by atoms with Gasteiger partial charge in [0.1, 0.15) is 4.88 Å². The van der Waals surface area contributed by atoms with Gasteiger partial charge in [-0.25, -0.2) is 4.79 Å². The van der Waals surface area contributed by atoms with E-state index in [0.717, 1.165) is 33.6 Å². The Morgan fingerprint density at radius 3 is 2.39 bits per heavy atom. The average Bonchev–Trinajstić information content (AvgIpc) is 3.14. The number of halogens is 1. The smallest absolute Gasteiger partial charge is 0.348 e. The number of hydrogen-bond donors (Lipinski definition) is 2. The van der Waals surface area contributed by atoms with Crippen LogP contribution in [0.15, 0.2) is 60.7 Å². The second-order valence-electron chi connectivity index (χ2n) is 6.01. The fraction of sp³-hybridized carbons (Fsp3) is 0.0952. The molecule has 142 valence electrons. The third-order valence-electron chi connectivity index (χ3n) is 4.10. The van der Waals surface area contributed by atoms with Crippen LogP contribution in [0.4, 0.5) is 5.69 Å². The minimum Gasteiger partial charge on any atom is -0.477 e. The highest BCUT2D eigenvalue weighted by atomic mass is 35.5. The molecule has 0 unspecified atom stereocenters. The van der Waals surface area contributed by atoms with Crippen molar-refractivity contribution in [1.82, 2.24) is 0 Å². The first-order valence-electron chi connectivity index (χ1n) is 8.46. The number of aromatic carboxylic acids is 1. The van der Waals surface area contributed by atoms with Crippen molar-refractivity contribution in [2.75, 3.05) is 11.4 Å². The highest BCUT2D eigenvalue weighted by molar-refractivity contribution is 7.18. The van der Waals surface area contributed by atoms with Crippen LogP contribution in [0.3, 0.4) is 0 Å². The quantitative estimate of drug-likeness (QED) is 0.536. The standard InChI is InChI=1S/C21H17ClN2O3S/c22-16-8-6-14(7-9-16)12-19(25)24(11-10-23)17-13-18(28-20(17)21(26)27)15-4-2-1-3-5-15/h1-10,13,23H,11-12H2,(H,26,27). The zero-order valence-corrected chi connectivity index (χ0v) is 16.3. The van der Waals surface area contributed by atoms with E-state index in [1.54, 1.807) is 30.3 Å². The van der Waals surface area contributed by atoms with E-state index in [4.69, 9.17) is 17.0 Å². The summed E-state index contributed by atoms with van der Waals surface area (Å²) in [4.78, 5) is 26.9. The summed E-state index contributed by atoms with van der Waals surface area (Å²) in [5.41, 5.74) is 1.94. The molecule has 0 aliphatic rings. The molecule has 28 heavy (non-hydrogen) atoms. The number of carbonyl (C=O) groups is 2. The van der Waals surface area contributed by atoms with Crippen LogP contribution >= 0.6 is 22.9 Å². The number of hydrogen-bond acceptors (Lipinski definition) is 4. The first-order valence-corrected chi connectivity index (χ1v) is 9.65. The number of nitrogens with zero attached hydrogens (tertiary/aromatic N) is 1. The van der Waals surface area contributed by atoms with Gasteiger partial charge in [-0.3, -0.25) is 4.79 Å². The molecule has 0 bridgehead atoms. The fourth-order valence-corrected chi connectivity index (χ4v) is 3.91. The van der Waals surface area contributed by atoms with E-state index in [1.165, 1.54) is 4.90 Å². The Morgan fingerprint density at radius 2 is 1.79 bits per heavy atom. The number of nitrogens with one attached hydrogen (secondary N) is 1. The largest absolute Gasteiger partial charge is 0.477 e. The lowest BCUT2D eigenvalue weighted by Crippen LogP contribution is -2.34. The number of thiophene rings is 1. The van der Waals surface area contributed by atoms with E-state index < -0.39 is 5.97 Å². The molecule has 1 heterocycles. The molecule has 1 aromatic heterocycles. The molecule has 0 atom stereocenters. The van der Waals surface area contributed by atoms with Crippen LogP contribution in [0.5, 0.6) is 0 Å². The molecular formula is C21H17ClN2O3S. The van der Waals surface area contributed by atoms with Crippen LogP contribution in [0.25, 0.3) is 10.4 Å². The molecule has 7 heteroatoms. The minimum absolute atomic E-state index is 0.00232. The van der Waals surface area contributed by atoms with Crippen LogP contribution in [-0.2, 0) is 11.2 Å². The summed E-state index contributed by atoms with van der Waals surface area (Å²) in [6.07, 6.45) is 1.17. The summed E-state index contributed by atoms with van der Waals surface area (Å²) in [6, 6.07) is 18.0. The van der Waals surface area contributed by atoms with Crippen molar-refractivity contribution in [3.8, 4) is 10.4 Å². The first-order chi connectivity index (χ1) is 13.5. The Bertz CT molecular complexity index is 1000. The van der Waals surface area contributed by atoms with Crippen molar-refractivity contribution in [2.24, 2.45) is 0 Å². The average molecular weight is 413 g/mol. The van der Waals surface area contributed by atoms with Crippen molar-refractivity contribution in [3.63, 3.8) is 0 Å². The van der Waals surface area contributed by atoms with Crippen molar-refractivity contribution in [3.05, 3.63) is 76.1 Å². The van der Waals surface area contributed by atoms with Crippen LogP contribution < -0.4 is 4.90 Å². The van der Waals surface area contributed by atoms with Crippen molar-refractivity contribution in [2.45, 2.75) is 6.42 Å². The Labute approximate surface area is 171 Å². The number of anilines is 1. The monoisotopic (exact) mass is 412 g/mol. The molecule has 0 saturated carbocycles. The van der Waals surface area contributed by atoms with Gasteiger partial charge in [0.05, 0.1) is 18.7 Å². The molecule has 5 nitrogen and oxygen atoms in total. The molecule has 3 rings (SSSR count). The topological polar surface area (TPSA) is 81.5 Å².